The molecule has 0 bridgehead atoms. The summed E-state index contributed by atoms with van der Waals surface area (Å²) in [5, 5.41) is 0. The highest BCUT2D eigenvalue weighted by atomic mass is 32.2. The zero-order valence-corrected chi connectivity index (χ0v) is 8.49. The lowest BCUT2D eigenvalue weighted by Gasteiger charge is -2.15. The van der Waals surface area contributed by atoms with E-state index in [0.717, 1.165) is 0 Å². The molecule has 11 heavy (non-hydrogen) atoms. The fourth-order valence-corrected chi connectivity index (χ4v) is 2.15. The average Bonchev–Trinajstić information content (AvgIpc) is 2.37. The van der Waals surface area contributed by atoms with E-state index in [9.17, 15) is 0 Å². The summed E-state index contributed by atoms with van der Waals surface area (Å²) in [5.41, 5.74) is 0. The fourth-order valence-electron chi connectivity index (χ4n) is 1.53. The number of hydrogen-bond acceptors (Lipinski definition) is 2. The standard InChI is InChI=1S/C9H18OS/c1-7(2)9-5-4-8(10-9)6-11-3/h7-9H,4-6H2,1-3H3/t8-,9+/m0/s1. The Morgan fingerprint density at radius 3 is 2.64 bits per heavy atom. The maximum Gasteiger partial charge on any atom is 0.0670 e. The molecule has 0 N–H and O–H groups in total. The number of rotatable bonds is 3. The lowest BCUT2D eigenvalue weighted by molar-refractivity contribution is 0.0311. The van der Waals surface area contributed by atoms with E-state index < -0.39 is 0 Å². The Hall–Kier alpha value is 0.310. The molecule has 1 rings (SSSR count). The summed E-state index contributed by atoms with van der Waals surface area (Å²) in [5.74, 6) is 1.87. The summed E-state index contributed by atoms with van der Waals surface area (Å²) >= 11 is 1.89. The van der Waals surface area contributed by atoms with E-state index in [-0.39, 0.29) is 0 Å². The van der Waals surface area contributed by atoms with Crippen LogP contribution >= 0.6 is 11.8 Å². The van der Waals surface area contributed by atoms with Crippen LogP contribution < -0.4 is 0 Å². The molecule has 1 heterocycles. The van der Waals surface area contributed by atoms with E-state index >= 15 is 0 Å². The Morgan fingerprint density at radius 2 is 2.18 bits per heavy atom. The van der Waals surface area contributed by atoms with Crippen molar-refractivity contribution in [2.24, 2.45) is 5.92 Å². The molecule has 0 aliphatic carbocycles. The second kappa shape index (κ2) is 4.36. The minimum absolute atomic E-state index is 0.534. The van der Waals surface area contributed by atoms with Crippen LogP contribution in [0.4, 0.5) is 0 Å². The third-order valence-corrected chi connectivity index (χ3v) is 2.94. The Balaban J connectivity index is 2.23. The molecule has 1 aliphatic rings. The van der Waals surface area contributed by atoms with Gasteiger partial charge in [-0.2, -0.15) is 11.8 Å². The van der Waals surface area contributed by atoms with Gasteiger partial charge < -0.3 is 4.74 Å². The molecule has 0 saturated carbocycles. The van der Waals surface area contributed by atoms with Gasteiger partial charge >= 0.3 is 0 Å². The summed E-state index contributed by atoms with van der Waals surface area (Å²) in [6, 6.07) is 0. The summed E-state index contributed by atoms with van der Waals surface area (Å²) in [6.45, 7) is 4.48. The summed E-state index contributed by atoms with van der Waals surface area (Å²) < 4.78 is 5.84. The lowest BCUT2D eigenvalue weighted by Crippen LogP contribution is -2.17. The van der Waals surface area contributed by atoms with Crippen LogP contribution in [0.3, 0.4) is 0 Å². The van der Waals surface area contributed by atoms with E-state index in [0.29, 0.717) is 18.1 Å². The van der Waals surface area contributed by atoms with Gasteiger partial charge in [0.2, 0.25) is 0 Å². The van der Waals surface area contributed by atoms with Crippen molar-refractivity contribution in [2.75, 3.05) is 12.0 Å². The van der Waals surface area contributed by atoms with Gasteiger partial charge in [-0.1, -0.05) is 13.8 Å². The molecular formula is C9H18OS. The van der Waals surface area contributed by atoms with Gasteiger partial charge in [-0.25, -0.2) is 0 Å². The summed E-state index contributed by atoms with van der Waals surface area (Å²) in [6.07, 6.45) is 5.75. The van der Waals surface area contributed by atoms with E-state index in [1.54, 1.807) is 0 Å². The van der Waals surface area contributed by atoms with Gasteiger partial charge in [0, 0.05) is 5.75 Å². The van der Waals surface area contributed by atoms with Crippen LogP contribution in [-0.4, -0.2) is 24.2 Å². The largest absolute Gasteiger partial charge is 0.374 e. The monoisotopic (exact) mass is 174 g/mol. The highest BCUT2D eigenvalue weighted by Gasteiger charge is 2.26. The highest BCUT2D eigenvalue weighted by molar-refractivity contribution is 7.98. The Bertz CT molecular complexity index is 114. The third-order valence-electron chi connectivity index (χ3n) is 2.24. The summed E-state index contributed by atoms with van der Waals surface area (Å²) in [4.78, 5) is 0. The predicted molar refractivity (Wildman–Crippen MR) is 51.1 cm³/mol. The first-order chi connectivity index (χ1) is 5.24. The molecule has 0 spiro atoms. The maximum absolute atomic E-state index is 5.84. The Morgan fingerprint density at radius 1 is 1.45 bits per heavy atom. The van der Waals surface area contributed by atoms with Crippen molar-refractivity contribution >= 4 is 11.8 Å². The predicted octanol–water partition coefficient (Wildman–Crippen LogP) is 2.55. The summed E-state index contributed by atoms with van der Waals surface area (Å²) in [7, 11) is 0. The second-order valence-corrected chi connectivity index (χ2v) is 4.48. The first-order valence-corrected chi connectivity index (χ1v) is 5.77. The smallest absolute Gasteiger partial charge is 0.0670 e. The van der Waals surface area contributed by atoms with Crippen molar-refractivity contribution in [3.8, 4) is 0 Å². The van der Waals surface area contributed by atoms with E-state index in [2.05, 4.69) is 20.1 Å². The van der Waals surface area contributed by atoms with Gasteiger partial charge in [0.25, 0.3) is 0 Å². The Kier molecular flexibility index (Phi) is 3.73. The zero-order valence-electron chi connectivity index (χ0n) is 7.67. The molecule has 0 radical (unpaired) electrons. The van der Waals surface area contributed by atoms with Crippen molar-refractivity contribution < 1.29 is 4.74 Å². The molecule has 66 valence electrons. The highest BCUT2D eigenvalue weighted by Crippen LogP contribution is 2.26. The lowest BCUT2D eigenvalue weighted by atomic mass is 10.0. The van der Waals surface area contributed by atoms with Gasteiger partial charge in [-0.15, -0.1) is 0 Å². The van der Waals surface area contributed by atoms with Crippen molar-refractivity contribution in [2.45, 2.75) is 38.9 Å². The second-order valence-electron chi connectivity index (χ2n) is 3.57. The van der Waals surface area contributed by atoms with Crippen LogP contribution in [0, 0.1) is 5.92 Å². The van der Waals surface area contributed by atoms with E-state index in [4.69, 9.17) is 4.74 Å². The molecule has 0 aromatic rings. The molecule has 2 heteroatoms. The van der Waals surface area contributed by atoms with Crippen LogP contribution in [0.15, 0.2) is 0 Å². The van der Waals surface area contributed by atoms with E-state index in [1.807, 2.05) is 11.8 Å². The number of hydrogen-bond donors (Lipinski definition) is 0. The number of thioether (sulfide) groups is 1. The molecule has 0 amide bonds. The van der Waals surface area contributed by atoms with Crippen molar-refractivity contribution in [3.63, 3.8) is 0 Å². The molecule has 1 fully saturated rings. The van der Waals surface area contributed by atoms with Crippen molar-refractivity contribution in [1.29, 1.82) is 0 Å². The molecule has 1 aliphatic heterocycles. The molecule has 0 aromatic carbocycles. The first kappa shape index (κ1) is 9.40. The molecule has 0 aromatic heterocycles. The topological polar surface area (TPSA) is 9.23 Å². The van der Waals surface area contributed by atoms with Crippen LogP contribution in [0.2, 0.25) is 0 Å². The minimum atomic E-state index is 0.534. The van der Waals surface area contributed by atoms with Gasteiger partial charge in [-0.05, 0) is 25.0 Å². The fraction of sp³-hybridized carbons (Fsp3) is 1.00. The van der Waals surface area contributed by atoms with Gasteiger partial charge in [0.05, 0.1) is 12.2 Å². The minimum Gasteiger partial charge on any atom is -0.374 e. The van der Waals surface area contributed by atoms with Crippen LogP contribution in [0.25, 0.3) is 0 Å². The van der Waals surface area contributed by atoms with Crippen LogP contribution in [-0.2, 0) is 4.74 Å². The van der Waals surface area contributed by atoms with Crippen LogP contribution in [0.1, 0.15) is 26.7 Å². The third kappa shape index (κ3) is 2.68. The Labute approximate surface area is 73.9 Å². The van der Waals surface area contributed by atoms with Gasteiger partial charge in [0.1, 0.15) is 0 Å². The zero-order chi connectivity index (χ0) is 8.27. The molecule has 0 unspecified atom stereocenters. The molecule has 1 nitrogen and oxygen atoms in total. The molecular weight excluding hydrogens is 156 g/mol. The van der Waals surface area contributed by atoms with Crippen LogP contribution in [0.5, 0.6) is 0 Å². The first-order valence-electron chi connectivity index (χ1n) is 4.38. The number of ether oxygens (including phenoxy) is 1. The van der Waals surface area contributed by atoms with Crippen molar-refractivity contribution in [3.05, 3.63) is 0 Å². The SMILES string of the molecule is CSC[C@@H]1CC[C@H](C(C)C)O1. The maximum atomic E-state index is 5.84. The van der Waals surface area contributed by atoms with Crippen molar-refractivity contribution in [1.82, 2.24) is 0 Å². The van der Waals surface area contributed by atoms with E-state index in [1.165, 1.54) is 18.6 Å². The van der Waals surface area contributed by atoms with Gasteiger partial charge in [-0.3, -0.25) is 0 Å². The average molecular weight is 174 g/mol. The van der Waals surface area contributed by atoms with Gasteiger partial charge in [0.15, 0.2) is 0 Å². The molecule has 1 saturated heterocycles. The molecule has 2 atom stereocenters. The normalized spacial score (nSPS) is 31.6. The quantitative estimate of drug-likeness (QED) is 0.650.